The molecular weight excluding hydrogens is 438 g/mol. The molecule has 0 radical (unpaired) electrons. The Kier molecular flexibility index (Phi) is 7.33. The summed E-state index contributed by atoms with van der Waals surface area (Å²) in [5.74, 6) is 1.12. The highest BCUT2D eigenvalue weighted by Crippen LogP contribution is 2.20. The number of nitrogens with zero attached hydrogens (tertiary/aromatic N) is 3. The van der Waals surface area contributed by atoms with E-state index >= 15 is 0 Å². The summed E-state index contributed by atoms with van der Waals surface area (Å²) in [5.41, 5.74) is 3.05. The van der Waals surface area contributed by atoms with Gasteiger partial charge in [-0.2, -0.15) is 4.98 Å². The molecule has 0 bridgehead atoms. The molecule has 1 amide bonds. The van der Waals surface area contributed by atoms with Gasteiger partial charge in [0.05, 0.1) is 16.6 Å². The van der Waals surface area contributed by atoms with Crippen LogP contribution in [0.25, 0.3) is 0 Å². The van der Waals surface area contributed by atoms with Gasteiger partial charge in [0.2, 0.25) is 11.9 Å². The second-order valence-electron chi connectivity index (χ2n) is 8.25. The van der Waals surface area contributed by atoms with Crippen molar-refractivity contribution in [3.63, 3.8) is 0 Å². The highest BCUT2D eigenvalue weighted by molar-refractivity contribution is 7.92. The Labute approximate surface area is 195 Å². The summed E-state index contributed by atoms with van der Waals surface area (Å²) in [6.45, 7) is 5.20. The average molecular weight is 468 g/mol. The van der Waals surface area contributed by atoms with Crippen LogP contribution in [0.5, 0.6) is 0 Å². The number of rotatable bonds is 8. The van der Waals surface area contributed by atoms with Crippen molar-refractivity contribution >= 4 is 38.9 Å². The molecule has 0 spiro atoms. The molecule has 0 unspecified atom stereocenters. The smallest absolute Gasteiger partial charge is 0.229 e. The van der Waals surface area contributed by atoms with E-state index in [9.17, 15) is 13.2 Å². The SMILES string of the molecule is Cc1cc(N(C)C)nc(Nc2ccc(NC(=O)Cc3ccc(S(=O)(=O)C(C)C)cc3)cc2)n1. The molecule has 2 N–H and O–H groups in total. The van der Waals surface area contributed by atoms with Crippen LogP contribution >= 0.6 is 0 Å². The van der Waals surface area contributed by atoms with Crippen molar-refractivity contribution < 1.29 is 13.2 Å². The van der Waals surface area contributed by atoms with Crippen molar-refractivity contribution in [3.05, 3.63) is 65.9 Å². The van der Waals surface area contributed by atoms with E-state index in [0.717, 1.165) is 22.8 Å². The fourth-order valence-electron chi connectivity index (χ4n) is 3.06. The minimum absolute atomic E-state index is 0.145. The number of hydrogen-bond donors (Lipinski definition) is 2. The van der Waals surface area contributed by atoms with Crippen molar-refractivity contribution in [2.75, 3.05) is 29.6 Å². The van der Waals surface area contributed by atoms with Gasteiger partial charge >= 0.3 is 0 Å². The van der Waals surface area contributed by atoms with E-state index in [0.29, 0.717) is 11.6 Å². The quantitative estimate of drug-likeness (QED) is 0.517. The van der Waals surface area contributed by atoms with Crippen molar-refractivity contribution in [3.8, 4) is 0 Å². The molecule has 174 valence electrons. The van der Waals surface area contributed by atoms with Crippen molar-refractivity contribution in [2.45, 2.75) is 37.3 Å². The third-order valence-corrected chi connectivity index (χ3v) is 7.13. The molecule has 1 aromatic heterocycles. The van der Waals surface area contributed by atoms with Gasteiger partial charge in [-0.15, -0.1) is 0 Å². The fourth-order valence-corrected chi connectivity index (χ4v) is 4.12. The van der Waals surface area contributed by atoms with Crippen LogP contribution in [0.4, 0.5) is 23.1 Å². The van der Waals surface area contributed by atoms with Gasteiger partial charge in [-0.1, -0.05) is 12.1 Å². The normalized spacial score (nSPS) is 11.3. The molecular formula is C24H29N5O3S. The standard InChI is InChI=1S/C24H29N5O3S/c1-16(2)33(31,32)21-12-6-18(7-13-21)15-23(30)26-19-8-10-20(11-9-19)27-24-25-17(3)14-22(28-24)29(4)5/h6-14,16H,15H2,1-5H3,(H,26,30)(H,25,27,28). The first-order chi connectivity index (χ1) is 15.5. The molecule has 0 saturated carbocycles. The van der Waals surface area contributed by atoms with E-state index in [1.54, 1.807) is 50.2 Å². The summed E-state index contributed by atoms with van der Waals surface area (Å²) < 4.78 is 24.4. The van der Waals surface area contributed by atoms with Gasteiger partial charge < -0.3 is 15.5 Å². The zero-order chi connectivity index (χ0) is 24.2. The van der Waals surface area contributed by atoms with E-state index < -0.39 is 15.1 Å². The van der Waals surface area contributed by atoms with Gasteiger partial charge in [-0.05, 0) is 62.7 Å². The molecule has 0 saturated heterocycles. The maximum Gasteiger partial charge on any atom is 0.229 e. The second kappa shape index (κ2) is 9.99. The number of carbonyl (C=O) groups is 1. The maximum atomic E-state index is 12.4. The third kappa shape index (κ3) is 6.29. The fraction of sp³-hybridized carbons (Fsp3) is 0.292. The predicted octanol–water partition coefficient (Wildman–Crippen LogP) is 3.96. The van der Waals surface area contributed by atoms with Crippen LogP contribution in [0.1, 0.15) is 25.1 Å². The minimum atomic E-state index is -3.32. The first-order valence-corrected chi connectivity index (χ1v) is 12.1. The number of aryl methyl sites for hydroxylation is 1. The van der Waals surface area contributed by atoms with Crippen molar-refractivity contribution in [2.24, 2.45) is 0 Å². The summed E-state index contributed by atoms with van der Waals surface area (Å²) >= 11 is 0. The molecule has 3 aromatic rings. The van der Waals surface area contributed by atoms with E-state index in [4.69, 9.17) is 0 Å². The van der Waals surface area contributed by atoms with Gasteiger partial charge in [0, 0.05) is 37.2 Å². The Morgan fingerprint density at radius 2 is 1.58 bits per heavy atom. The van der Waals surface area contributed by atoms with Gasteiger partial charge in [0.25, 0.3) is 0 Å². The lowest BCUT2D eigenvalue weighted by Gasteiger charge is -2.14. The monoisotopic (exact) mass is 467 g/mol. The predicted molar refractivity (Wildman–Crippen MR) is 132 cm³/mol. The van der Waals surface area contributed by atoms with Crippen LogP contribution in [0.15, 0.2) is 59.5 Å². The lowest BCUT2D eigenvalue weighted by Crippen LogP contribution is -2.15. The van der Waals surface area contributed by atoms with E-state index in [1.807, 2.05) is 44.1 Å². The first-order valence-electron chi connectivity index (χ1n) is 10.6. The van der Waals surface area contributed by atoms with E-state index in [1.165, 1.54) is 0 Å². The number of sulfone groups is 1. The van der Waals surface area contributed by atoms with Gasteiger partial charge in [-0.25, -0.2) is 13.4 Å². The number of anilines is 4. The summed E-state index contributed by atoms with van der Waals surface area (Å²) in [4.78, 5) is 23.5. The van der Waals surface area contributed by atoms with Crippen LogP contribution in [-0.4, -0.2) is 43.6 Å². The van der Waals surface area contributed by atoms with Crippen LogP contribution in [0, 0.1) is 6.92 Å². The molecule has 9 heteroatoms. The van der Waals surface area contributed by atoms with Crippen LogP contribution in [-0.2, 0) is 21.1 Å². The Bertz CT molecular complexity index is 1220. The molecule has 2 aromatic carbocycles. The molecule has 0 aliphatic carbocycles. The second-order valence-corrected chi connectivity index (χ2v) is 10.8. The number of hydrogen-bond acceptors (Lipinski definition) is 7. The zero-order valence-corrected chi connectivity index (χ0v) is 20.3. The Morgan fingerprint density at radius 3 is 2.15 bits per heavy atom. The molecule has 0 aliphatic heterocycles. The highest BCUT2D eigenvalue weighted by atomic mass is 32.2. The number of amides is 1. The Hall–Kier alpha value is -3.46. The number of carbonyl (C=O) groups excluding carboxylic acids is 1. The lowest BCUT2D eigenvalue weighted by atomic mass is 10.1. The topological polar surface area (TPSA) is 104 Å². The molecule has 1 heterocycles. The van der Waals surface area contributed by atoms with Gasteiger partial charge in [0.1, 0.15) is 5.82 Å². The van der Waals surface area contributed by atoms with Crippen molar-refractivity contribution in [1.82, 2.24) is 9.97 Å². The molecule has 8 nitrogen and oxygen atoms in total. The molecule has 0 aliphatic rings. The molecule has 0 atom stereocenters. The van der Waals surface area contributed by atoms with Crippen LogP contribution in [0.2, 0.25) is 0 Å². The Balaban J connectivity index is 1.60. The molecule has 3 rings (SSSR count). The van der Waals surface area contributed by atoms with Gasteiger partial charge in [0.15, 0.2) is 9.84 Å². The summed E-state index contributed by atoms with van der Waals surface area (Å²) in [5, 5.41) is 5.54. The summed E-state index contributed by atoms with van der Waals surface area (Å²) in [7, 11) is 0.519. The first kappa shape index (κ1) is 24.2. The van der Waals surface area contributed by atoms with Crippen LogP contribution in [0.3, 0.4) is 0 Å². The third-order valence-electron chi connectivity index (χ3n) is 4.96. The number of nitrogens with one attached hydrogen (secondary N) is 2. The molecule has 0 fully saturated rings. The maximum absolute atomic E-state index is 12.4. The summed E-state index contributed by atoms with van der Waals surface area (Å²) in [6, 6.07) is 15.6. The molecule has 33 heavy (non-hydrogen) atoms. The number of benzene rings is 2. The zero-order valence-electron chi connectivity index (χ0n) is 19.5. The summed E-state index contributed by atoms with van der Waals surface area (Å²) in [6.07, 6.45) is 0.145. The highest BCUT2D eigenvalue weighted by Gasteiger charge is 2.18. The van der Waals surface area contributed by atoms with E-state index in [2.05, 4.69) is 20.6 Å². The average Bonchev–Trinajstić information content (AvgIpc) is 2.75. The number of aromatic nitrogens is 2. The minimum Gasteiger partial charge on any atom is -0.363 e. The van der Waals surface area contributed by atoms with Crippen LogP contribution < -0.4 is 15.5 Å². The van der Waals surface area contributed by atoms with E-state index in [-0.39, 0.29) is 17.2 Å². The largest absolute Gasteiger partial charge is 0.363 e. The Morgan fingerprint density at radius 1 is 0.970 bits per heavy atom. The van der Waals surface area contributed by atoms with Gasteiger partial charge in [-0.3, -0.25) is 4.79 Å². The lowest BCUT2D eigenvalue weighted by molar-refractivity contribution is -0.115. The van der Waals surface area contributed by atoms with Crippen molar-refractivity contribution in [1.29, 1.82) is 0 Å².